The van der Waals surface area contributed by atoms with Gasteiger partial charge < -0.3 is 44.5 Å². The van der Waals surface area contributed by atoms with Gasteiger partial charge in [-0.25, -0.2) is 18.8 Å². The molecule has 24 heteroatoms. The molecule has 8 heterocycles. The second kappa shape index (κ2) is 18.2. The molecule has 320 valence electrons. The predicted octanol–water partition coefficient (Wildman–Crippen LogP) is 3.79. The summed E-state index contributed by atoms with van der Waals surface area (Å²) in [7, 11) is -1.03. The van der Waals surface area contributed by atoms with Crippen LogP contribution in [-0.2, 0) is 27.2 Å². The van der Waals surface area contributed by atoms with Crippen LogP contribution in [0.4, 0.5) is 0 Å². The zero-order valence-corrected chi connectivity index (χ0v) is 37.2. The van der Waals surface area contributed by atoms with Gasteiger partial charge >= 0.3 is 0 Å². The van der Waals surface area contributed by atoms with Gasteiger partial charge in [-0.2, -0.15) is 32.6 Å². The van der Waals surface area contributed by atoms with Crippen molar-refractivity contribution < 1.29 is 24.3 Å². The molecular weight excluding hydrogens is 884 g/mol. The lowest BCUT2D eigenvalue weighted by molar-refractivity contribution is -0.120. The molecule has 0 saturated heterocycles. The Bertz CT molecular complexity index is 2970. The molecule has 0 aliphatic carbocycles. The number of nitrogens with one attached hydrogen (secondary N) is 4. The van der Waals surface area contributed by atoms with E-state index < -0.39 is 13.7 Å². The number of H-pyrrole nitrogens is 2. The van der Waals surface area contributed by atoms with Crippen molar-refractivity contribution in [1.82, 2.24) is 58.5 Å². The van der Waals surface area contributed by atoms with Crippen LogP contribution < -0.4 is 21.8 Å². The van der Waals surface area contributed by atoms with E-state index >= 15 is 0 Å². The van der Waals surface area contributed by atoms with Gasteiger partial charge in [0.15, 0.2) is 32.6 Å². The van der Waals surface area contributed by atoms with Crippen LogP contribution in [0.1, 0.15) is 20.3 Å². The third-order valence-corrected chi connectivity index (χ3v) is 14.1. The minimum absolute atomic E-state index is 0.0162. The Balaban J connectivity index is 0.804. The van der Waals surface area contributed by atoms with Gasteiger partial charge in [0.1, 0.15) is 0 Å². The van der Waals surface area contributed by atoms with E-state index in [1.54, 1.807) is 44.2 Å². The maximum atomic E-state index is 13.4. The van der Waals surface area contributed by atoms with Crippen LogP contribution in [0.2, 0.25) is 0 Å². The molecule has 61 heavy (non-hydrogen) atoms. The van der Waals surface area contributed by atoms with E-state index in [4.69, 9.17) is 4.52 Å². The molecule has 0 radical (unpaired) electrons. The number of carbonyl (C=O) groups is 2. The number of aliphatic hydroxyl groups is 2. The molecule has 1 unspecified atom stereocenters. The Morgan fingerprint density at radius 1 is 0.820 bits per heavy atom. The third kappa shape index (κ3) is 9.19. The minimum Gasteiger partial charge on any atom is -0.395 e. The molecule has 0 aromatic carbocycles. The van der Waals surface area contributed by atoms with Crippen LogP contribution in [0, 0.1) is 0 Å². The van der Waals surface area contributed by atoms with E-state index in [1.807, 2.05) is 54.2 Å². The van der Waals surface area contributed by atoms with Crippen LogP contribution in [0.5, 0.6) is 0 Å². The number of aromatic amines is 2. The van der Waals surface area contributed by atoms with E-state index in [0.717, 1.165) is 46.0 Å². The molecule has 19 nitrogen and oxygen atoms in total. The van der Waals surface area contributed by atoms with E-state index in [0.29, 0.717) is 52.5 Å². The lowest BCUT2D eigenvalue weighted by Gasteiger charge is -2.27. The van der Waals surface area contributed by atoms with E-state index in [9.17, 15) is 29.4 Å². The maximum Gasteiger partial charge on any atom is 0.287 e. The number of thiophene rings is 2. The quantitative estimate of drug-likeness (QED) is 0.0500. The average Bonchev–Trinajstić information content (AvgIpc) is 4.09. The highest BCUT2D eigenvalue weighted by Gasteiger charge is 2.24. The highest BCUT2D eigenvalue weighted by molar-refractivity contribution is 8.00. The Kier molecular flexibility index (Phi) is 12.8. The number of amides is 2. The Hall–Kier alpha value is -4.87. The molecule has 0 spiro atoms. The summed E-state index contributed by atoms with van der Waals surface area (Å²) in [6, 6.07) is 3.89. The Morgan fingerprint density at radius 2 is 1.33 bits per heavy atom. The molecule has 6 N–H and O–H groups in total. The number of carbonyl (C=O) groups excluding carboxylic acids is 2. The minimum atomic E-state index is -1.03. The molecule has 0 aliphatic rings. The smallest absolute Gasteiger partial charge is 0.287 e. The lowest BCUT2D eigenvalue weighted by Crippen LogP contribution is -2.45. The monoisotopic (exact) mass is 924 g/mol. The zero-order valence-electron chi connectivity index (χ0n) is 33.1. The second-order valence-electron chi connectivity index (χ2n) is 14.4. The second-order valence-corrected chi connectivity index (χ2v) is 19.7. The van der Waals surface area contributed by atoms with Crippen molar-refractivity contribution in [3.05, 3.63) is 66.8 Å². The van der Waals surface area contributed by atoms with Crippen molar-refractivity contribution in [2.45, 2.75) is 49.2 Å². The molecule has 1 atom stereocenters. The number of nitrogens with zero attached hydrogens (tertiary/aromatic N) is 8. The number of thioether (sulfide) groups is 2. The first-order valence-electron chi connectivity index (χ1n) is 18.9. The Labute approximate surface area is 363 Å². The topological polar surface area (TPSA) is 244 Å². The van der Waals surface area contributed by atoms with E-state index in [2.05, 4.69) is 40.5 Å². The van der Waals surface area contributed by atoms with Crippen molar-refractivity contribution in [1.29, 1.82) is 0 Å². The highest BCUT2D eigenvalue weighted by Crippen LogP contribution is 2.32. The molecule has 0 fully saturated rings. The van der Waals surface area contributed by atoms with Crippen molar-refractivity contribution in [3.8, 4) is 22.5 Å². The lowest BCUT2D eigenvalue weighted by atomic mass is 10.0. The summed E-state index contributed by atoms with van der Waals surface area (Å²) in [6.45, 7) is 5.91. The largest absolute Gasteiger partial charge is 0.395 e. The molecule has 0 saturated carbocycles. The summed E-state index contributed by atoms with van der Waals surface area (Å²) in [6.07, 6.45) is 4.19. The zero-order chi connectivity index (χ0) is 42.8. The molecule has 0 aliphatic heterocycles. The van der Waals surface area contributed by atoms with Gasteiger partial charge in [-0.05, 0) is 49.8 Å². The van der Waals surface area contributed by atoms with Crippen molar-refractivity contribution in [3.63, 3.8) is 0 Å². The summed E-state index contributed by atoms with van der Waals surface area (Å²) >= 11 is 5.39. The van der Waals surface area contributed by atoms with Gasteiger partial charge in [0, 0.05) is 61.1 Å². The van der Waals surface area contributed by atoms with Crippen LogP contribution >= 0.6 is 54.3 Å². The van der Waals surface area contributed by atoms with E-state index in [1.165, 1.54) is 8.80 Å². The van der Waals surface area contributed by atoms with Crippen LogP contribution in [0.25, 0.3) is 56.4 Å². The summed E-state index contributed by atoms with van der Waals surface area (Å²) in [5, 5.41) is 34.1. The first-order chi connectivity index (χ1) is 29.4. The van der Waals surface area contributed by atoms with Crippen molar-refractivity contribution >= 4 is 100 Å². The number of fused-ring (bicyclic) bond motifs is 4. The van der Waals surface area contributed by atoms with Gasteiger partial charge in [-0.3, -0.25) is 19.2 Å². The number of hydrogen-bond acceptors (Lipinski definition) is 15. The normalized spacial score (nSPS) is 12.7. The van der Waals surface area contributed by atoms with Crippen LogP contribution in [0.3, 0.4) is 0 Å². The van der Waals surface area contributed by atoms with Gasteiger partial charge in [0.25, 0.3) is 11.1 Å². The van der Waals surface area contributed by atoms with Crippen molar-refractivity contribution in [2.75, 3.05) is 44.3 Å². The number of aromatic nitrogens is 10. The maximum absolute atomic E-state index is 13.4. The number of imidazole rings is 4. The summed E-state index contributed by atoms with van der Waals surface area (Å²) in [5.74, 6) is 0.244. The number of hydrogen-bond donors (Lipinski definition) is 6. The van der Waals surface area contributed by atoms with Gasteiger partial charge in [-0.1, -0.05) is 23.5 Å². The molecule has 8 aromatic rings. The number of rotatable bonds is 19. The summed E-state index contributed by atoms with van der Waals surface area (Å²) in [5.41, 5.74) is 2.97. The molecule has 8 aromatic heterocycles. The predicted molar refractivity (Wildman–Crippen MR) is 239 cm³/mol. The third-order valence-electron chi connectivity index (χ3n) is 9.54. The average molecular weight is 925 g/mol. The van der Waals surface area contributed by atoms with Crippen LogP contribution in [-0.4, -0.2) is 120 Å². The van der Waals surface area contributed by atoms with Crippen LogP contribution in [0.15, 0.2) is 65.9 Å². The SMILES string of the molecule is CP(CNC(=O)CSc1nc2c(=O)n3cc(-c4ccsc4)[nH]c3nc2n1CCO)OCCC(C)(C)NC(=O)CSc1nc2c(=O)n3cc(-c4ccsc4)[nH]c3nc2n1CCO. The van der Waals surface area contributed by atoms with Gasteiger partial charge in [-0.15, -0.1) is 0 Å². The van der Waals surface area contributed by atoms with Crippen molar-refractivity contribution in [2.24, 2.45) is 0 Å². The van der Waals surface area contributed by atoms with Gasteiger partial charge in [0.05, 0.1) is 49.0 Å². The fraction of sp³-hybridized carbons (Fsp3) is 0.351. The molecule has 8 rings (SSSR count). The first kappa shape index (κ1) is 42.8. The molecule has 2 amide bonds. The standard InChI is InChI=1S/C37H41N12O7PS4/c1-37(2,45-26(53)19-61-36-42-28-30(47(36)8-10-51)44-34-40-24(15-49(34)32(28)55)22-5-13-59-17-22)6-11-56-57(3)20-38-25(52)18-60-35-41-27-29(46(35)7-9-50)43-33-39-23(14-48(33)31(27)54)21-4-12-58-16-21/h4-5,12-17,50-51H,6-11,18-20H2,1-3H3,(H,38,52)(H,39,43)(H,40,44)(H,45,53). The first-order valence-corrected chi connectivity index (χ1v) is 24.7. The fourth-order valence-corrected chi connectivity index (χ4v) is 10.4. The van der Waals surface area contributed by atoms with Gasteiger partial charge in [0.2, 0.25) is 23.4 Å². The summed E-state index contributed by atoms with van der Waals surface area (Å²) in [4.78, 5) is 77.5. The van der Waals surface area contributed by atoms with E-state index in [-0.39, 0.29) is 71.8 Å². The fourth-order valence-electron chi connectivity index (χ4n) is 6.51. The summed E-state index contributed by atoms with van der Waals surface area (Å²) < 4.78 is 12.1. The Morgan fingerprint density at radius 3 is 1.80 bits per heavy atom. The molecule has 0 bridgehead atoms. The highest BCUT2D eigenvalue weighted by atomic mass is 32.2. The number of aliphatic hydroxyl groups excluding tert-OH is 2. The molecular formula is C37H41N12O7PS4.